The van der Waals surface area contributed by atoms with Crippen molar-refractivity contribution in [3.05, 3.63) is 71.8 Å². The van der Waals surface area contributed by atoms with Gasteiger partial charge >= 0.3 is 0 Å². The maximum Gasteiger partial charge on any atom is 0.193 e. The van der Waals surface area contributed by atoms with Crippen LogP contribution in [0.5, 0.6) is 0 Å². The Morgan fingerprint density at radius 3 is 1.33 bits per heavy atom. The summed E-state index contributed by atoms with van der Waals surface area (Å²) in [4.78, 5) is 11.8. The van der Waals surface area contributed by atoms with Crippen molar-refractivity contribution in [1.29, 1.82) is 0 Å². The molecule has 0 N–H and O–H groups in total. The summed E-state index contributed by atoms with van der Waals surface area (Å²) in [6, 6.07) is 18.6. The van der Waals surface area contributed by atoms with Crippen LogP contribution >= 0.6 is 0 Å². The van der Waals surface area contributed by atoms with Gasteiger partial charge in [0.15, 0.2) is 5.78 Å². The Hall–Kier alpha value is -1.37. The second kappa shape index (κ2) is 5.50. The molecule has 0 heterocycles. The van der Waals surface area contributed by atoms with Gasteiger partial charge in [0, 0.05) is 28.2 Å². The minimum absolute atomic E-state index is 0. The molecular formula is C13H10CuO. The van der Waals surface area contributed by atoms with E-state index in [1.165, 1.54) is 0 Å². The zero-order chi connectivity index (χ0) is 9.80. The quantitative estimate of drug-likeness (QED) is 0.587. The largest absolute Gasteiger partial charge is 0.289 e. The summed E-state index contributed by atoms with van der Waals surface area (Å²) in [7, 11) is 0. The predicted molar refractivity (Wildman–Crippen MR) is 56.3 cm³/mol. The predicted octanol–water partition coefficient (Wildman–Crippen LogP) is 2.92. The van der Waals surface area contributed by atoms with Gasteiger partial charge in [-0.1, -0.05) is 60.7 Å². The van der Waals surface area contributed by atoms with E-state index in [0.717, 1.165) is 11.1 Å². The summed E-state index contributed by atoms with van der Waals surface area (Å²) in [5.74, 6) is 0.0752. The molecule has 0 aliphatic rings. The number of benzene rings is 2. The van der Waals surface area contributed by atoms with Gasteiger partial charge in [0.25, 0.3) is 0 Å². The van der Waals surface area contributed by atoms with Gasteiger partial charge in [-0.3, -0.25) is 4.79 Å². The number of carbonyl (C=O) groups is 1. The van der Waals surface area contributed by atoms with Crippen LogP contribution in [0.25, 0.3) is 0 Å². The smallest absolute Gasteiger partial charge is 0.193 e. The molecule has 1 nitrogen and oxygen atoms in total. The van der Waals surface area contributed by atoms with Crippen LogP contribution in [-0.4, -0.2) is 5.78 Å². The van der Waals surface area contributed by atoms with Crippen LogP contribution in [0.1, 0.15) is 15.9 Å². The molecule has 0 amide bonds. The van der Waals surface area contributed by atoms with Crippen molar-refractivity contribution in [3.63, 3.8) is 0 Å². The van der Waals surface area contributed by atoms with Crippen LogP contribution in [0.2, 0.25) is 0 Å². The Kier molecular flexibility index (Phi) is 4.29. The van der Waals surface area contributed by atoms with Crippen LogP contribution in [0.3, 0.4) is 0 Å². The van der Waals surface area contributed by atoms with E-state index in [1.54, 1.807) is 0 Å². The van der Waals surface area contributed by atoms with Crippen molar-refractivity contribution in [1.82, 2.24) is 0 Å². The third kappa shape index (κ3) is 2.79. The fourth-order valence-corrected chi connectivity index (χ4v) is 1.35. The average Bonchev–Trinajstić information content (AvgIpc) is 2.30. The molecule has 0 saturated heterocycles. The van der Waals surface area contributed by atoms with Gasteiger partial charge in [-0.2, -0.15) is 0 Å². The van der Waals surface area contributed by atoms with Gasteiger partial charge in [-0.15, -0.1) is 0 Å². The average molecular weight is 246 g/mol. The zero-order valence-electron chi connectivity index (χ0n) is 7.98. The van der Waals surface area contributed by atoms with E-state index in [2.05, 4.69) is 0 Å². The molecule has 0 atom stereocenters. The van der Waals surface area contributed by atoms with Crippen LogP contribution < -0.4 is 0 Å². The molecule has 15 heavy (non-hydrogen) atoms. The molecule has 2 heteroatoms. The van der Waals surface area contributed by atoms with Crippen molar-refractivity contribution in [3.8, 4) is 0 Å². The van der Waals surface area contributed by atoms with Gasteiger partial charge in [0.2, 0.25) is 0 Å². The van der Waals surface area contributed by atoms with E-state index in [0.29, 0.717) is 0 Å². The van der Waals surface area contributed by atoms with Crippen molar-refractivity contribution < 1.29 is 21.9 Å². The maximum atomic E-state index is 11.8. The van der Waals surface area contributed by atoms with E-state index in [1.807, 2.05) is 60.7 Å². The molecule has 2 aromatic carbocycles. The van der Waals surface area contributed by atoms with E-state index in [-0.39, 0.29) is 22.9 Å². The molecule has 1 radical (unpaired) electrons. The van der Waals surface area contributed by atoms with Crippen molar-refractivity contribution in [2.45, 2.75) is 0 Å². The molecule has 0 aliphatic heterocycles. The Morgan fingerprint density at radius 1 is 0.667 bits per heavy atom. The van der Waals surface area contributed by atoms with E-state index >= 15 is 0 Å². The van der Waals surface area contributed by atoms with E-state index < -0.39 is 0 Å². The maximum absolute atomic E-state index is 11.8. The Bertz CT molecular complexity index is 381. The van der Waals surface area contributed by atoms with Crippen LogP contribution in [-0.2, 0) is 17.1 Å². The van der Waals surface area contributed by atoms with E-state index in [4.69, 9.17) is 0 Å². The Balaban J connectivity index is 0.00000112. The number of rotatable bonds is 2. The van der Waals surface area contributed by atoms with Gasteiger partial charge < -0.3 is 0 Å². The molecule has 2 rings (SSSR count). The second-order valence-corrected chi connectivity index (χ2v) is 3.06. The molecular weight excluding hydrogens is 236 g/mol. The van der Waals surface area contributed by atoms with Gasteiger partial charge in [0.05, 0.1) is 0 Å². The number of hydrogen-bond acceptors (Lipinski definition) is 1. The Labute approximate surface area is 99.6 Å². The van der Waals surface area contributed by atoms with Crippen LogP contribution in [0.15, 0.2) is 60.7 Å². The van der Waals surface area contributed by atoms with Gasteiger partial charge in [0.1, 0.15) is 0 Å². The number of hydrogen-bond donors (Lipinski definition) is 0. The van der Waals surface area contributed by atoms with Crippen molar-refractivity contribution in [2.24, 2.45) is 0 Å². The third-order valence-electron chi connectivity index (χ3n) is 2.07. The zero-order valence-corrected chi connectivity index (χ0v) is 8.92. The summed E-state index contributed by atoms with van der Waals surface area (Å²) in [5, 5.41) is 0. The molecule has 0 spiro atoms. The monoisotopic (exact) mass is 245 g/mol. The molecule has 0 aromatic heterocycles. The molecule has 0 aliphatic carbocycles. The summed E-state index contributed by atoms with van der Waals surface area (Å²) in [5.41, 5.74) is 1.47. The fourth-order valence-electron chi connectivity index (χ4n) is 1.35. The van der Waals surface area contributed by atoms with Crippen LogP contribution in [0, 0.1) is 0 Å². The summed E-state index contributed by atoms with van der Waals surface area (Å²) >= 11 is 0. The SMILES string of the molecule is O=C(c1ccccc1)c1ccccc1.[Cu]. The van der Waals surface area contributed by atoms with Crippen LogP contribution in [0.4, 0.5) is 0 Å². The number of ketones is 1. The second-order valence-electron chi connectivity index (χ2n) is 3.06. The molecule has 0 bridgehead atoms. The summed E-state index contributed by atoms with van der Waals surface area (Å²) in [6.45, 7) is 0. The normalized spacial score (nSPS) is 9.07. The molecule has 0 fully saturated rings. The molecule has 2 aromatic rings. The fraction of sp³-hybridized carbons (Fsp3) is 0. The first-order valence-electron chi connectivity index (χ1n) is 4.53. The number of carbonyl (C=O) groups excluding carboxylic acids is 1. The van der Waals surface area contributed by atoms with Gasteiger partial charge in [-0.05, 0) is 0 Å². The minimum atomic E-state index is 0. The third-order valence-corrected chi connectivity index (χ3v) is 2.07. The first-order valence-corrected chi connectivity index (χ1v) is 4.53. The molecule has 79 valence electrons. The summed E-state index contributed by atoms with van der Waals surface area (Å²) < 4.78 is 0. The topological polar surface area (TPSA) is 17.1 Å². The first-order chi connectivity index (χ1) is 6.88. The standard InChI is InChI=1S/C13H10O.Cu/c14-13(11-7-3-1-4-8-11)12-9-5-2-6-10-12;/h1-10H;. The summed E-state index contributed by atoms with van der Waals surface area (Å²) in [6.07, 6.45) is 0. The molecule has 0 saturated carbocycles. The van der Waals surface area contributed by atoms with E-state index in [9.17, 15) is 4.79 Å². The Morgan fingerprint density at radius 2 is 1.00 bits per heavy atom. The van der Waals surface area contributed by atoms with Gasteiger partial charge in [-0.25, -0.2) is 0 Å². The molecule has 0 unspecified atom stereocenters. The van der Waals surface area contributed by atoms with Crippen molar-refractivity contribution >= 4 is 5.78 Å². The first kappa shape index (κ1) is 11.7. The minimum Gasteiger partial charge on any atom is -0.289 e. The van der Waals surface area contributed by atoms with Crippen molar-refractivity contribution in [2.75, 3.05) is 0 Å².